The number of ketones is 1. The highest BCUT2D eigenvalue weighted by Gasteiger charge is 2.05. The smallest absolute Gasteiger partial charge is 0.134 e. The number of carbonyl (C=O) groups is 1. The van der Waals surface area contributed by atoms with Crippen LogP contribution in [0.3, 0.4) is 0 Å². The molecule has 0 amide bonds. The second-order valence-corrected chi connectivity index (χ2v) is 3.79. The molecule has 0 aliphatic heterocycles. The van der Waals surface area contributed by atoms with E-state index in [0.29, 0.717) is 6.42 Å². The van der Waals surface area contributed by atoms with Crippen LogP contribution in [0.1, 0.15) is 18.2 Å². The average molecular weight is 199 g/mol. The first-order valence-electron chi connectivity index (χ1n) is 5.01. The van der Waals surface area contributed by atoms with Crippen molar-refractivity contribution in [1.82, 2.24) is 4.98 Å². The molecule has 2 rings (SSSR count). The molecule has 0 saturated carbocycles. The Kier molecular flexibility index (Phi) is 2.50. The molecule has 1 aromatic heterocycles. The summed E-state index contributed by atoms with van der Waals surface area (Å²) in [5.74, 6) is 0.186. The van der Waals surface area contributed by atoms with Gasteiger partial charge in [0.1, 0.15) is 5.78 Å². The standard InChI is InChI=1S/C13H13NO/c1-9(15)8-12-5-3-4-11-6-7-14-10(2)13(11)12/h3-7H,8H2,1-2H3. The van der Waals surface area contributed by atoms with Gasteiger partial charge in [-0.2, -0.15) is 0 Å². The maximum absolute atomic E-state index is 11.1. The maximum atomic E-state index is 11.1. The monoisotopic (exact) mass is 199 g/mol. The normalized spacial score (nSPS) is 10.5. The van der Waals surface area contributed by atoms with Crippen LogP contribution in [0.15, 0.2) is 30.5 Å². The third kappa shape index (κ3) is 1.89. The van der Waals surface area contributed by atoms with Crippen LogP contribution in [0.5, 0.6) is 0 Å². The molecule has 0 aliphatic carbocycles. The third-order valence-electron chi connectivity index (χ3n) is 2.51. The Hall–Kier alpha value is -1.70. The van der Waals surface area contributed by atoms with E-state index in [1.807, 2.05) is 31.2 Å². The van der Waals surface area contributed by atoms with Crippen molar-refractivity contribution in [3.8, 4) is 0 Å². The number of Topliss-reactive ketones (excluding diaryl/α,β-unsaturated/α-hetero) is 1. The van der Waals surface area contributed by atoms with Crippen LogP contribution in [0.25, 0.3) is 10.8 Å². The molecule has 0 fully saturated rings. The van der Waals surface area contributed by atoms with Gasteiger partial charge in [-0.1, -0.05) is 18.2 Å². The van der Waals surface area contributed by atoms with Gasteiger partial charge < -0.3 is 0 Å². The van der Waals surface area contributed by atoms with E-state index >= 15 is 0 Å². The number of fused-ring (bicyclic) bond motifs is 1. The molecule has 0 N–H and O–H groups in total. The predicted molar refractivity (Wildman–Crippen MR) is 60.9 cm³/mol. The summed E-state index contributed by atoms with van der Waals surface area (Å²) in [6, 6.07) is 8.01. The van der Waals surface area contributed by atoms with Crippen LogP contribution in [0, 0.1) is 6.92 Å². The van der Waals surface area contributed by atoms with Gasteiger partial charge in [0.2, 0.25) is 0 Å². The number of aryl methyl sites for hydroxylation is 1. The summed E-state index contributed by atoms with van der Waals surface area (Å²) in [7, 11) is 0. The first-order valence-corrected chi connectivity index (χ1v) is 5.01. The fraction of sp³-hybridized carbons (Fsp3) is 0.231. The van der Waals surface area contributed by atoms with Crippen LogP contribution >= 0.6 is 0 Å². The van der Waals surface area contributed by atoms with Gasteiger partial charge in [0.25, 0.3) is 0 Å². The Morgan fingerprint density at radius 3 is 2.87 bits per heavy atom. The fourth-order valence-corrected chi connectivity index (χ4v) is 1.91. The summed E-state index contributed by atoms with van der Waals surface area (Å²) in [6.07, 6.45) is 2.29. The van der Waals surface area contributed by atoms with Crippen molar-refractivity contribution in [1.29, 1.82) is 0 Å². The van der Waals surface area contributed by atoms with Gasteiger partial charge in [0.05, 0.1) is 0 Å². The Balaban J connectivity index is 2.68. The minimum Gasteiger partial charge on any atom is -0.300 e. The largest absolute Gasteiger partial charge is 0.300 e. The van der Waals surface area contributed by atoms with E-state index in [1.54, 1.807) is 13.1 Å². The molecule has 0 aliphatic rings. The topological polar surface area (TPSA) is 30.0 Å². The van der Waals surface area contributed by atoms with Crippen molar-refractivity contribution in [3.63, 3.8) is 0 Å². The van der Waals surface area contributed by atoms with Gasteiger partial charge in [0.15, 0.2) is 0 Å². The van der Waals surface area contributed by atoms with Crippen LogP contribution in [-0.4, -0.2) is 10.8 Å². The van der Waals surface area contributed by atoms with Crippen molar-refractivity contribution in [2.45, 2.75) is 20.3 Å². The first kappa shape index (κ1) is 9.84. The quantitative estimate of drug-likeness (QED) is 0.744. The van der Waals surface area contributed by atoms with Gasteiger partial charge in [-0.25, -0.2) is 0 Å². The summed E-state index contributed by atoms with van der Waals surface area (Å²) in [5, 5.41) is 2.27. The third-order valence-corrected chi connectivity index (χ3v) is 2.51. The molecular formula is C13H13NO. The molecule has 2 aromatic rings. The van der Waals surface area contributed by atoms with E-state index in [0.717, 1.165) is 22.0 Å². The average Bonchev–Trinajstić information content (AvgIpc) is 2.17. The Morgan fingerprint density at radius 1 is 1.33 bits per heavy atom. The zero-order valence-electron chi connectivity index (χ0n) is 8.95. The summed E-state index contributed by atoms with van der Waals surface area (Å²) in [4.78, 5) is 15.4. The molecule has 0 bridgehead atoms. The molecule has 2 heteroatoms. The molecule has 1 aromatic carbocycles. The molecule has 0 radical (unpaired) electrons. The van der Waals surface area contributed by atoms with Crippen LogP contribution in [-0.2, 0) is 11.2 Å². The Labute approximate surface area is 89.0 Å². The first-order chi connectivity index (χ1) is 7.18. The van der Waals surface area contributed by atoms with Crippen LogP contribution in [0.4, 0.5) is 0 Å². The number of aromatic nitrogens is 1. The second-order valence-electron chi connectivity index (χ2n) is 3.79. The van der Waals surface area contributed by atoms with Crippen molar-refractivity contribution in [3.05, 3.63) is 41.7 Å². The lowest BCUT2D eigenvalue weighted by molar-refractivity contribution is -0.116. The molecule has 2 nitrogen and oxygen atoms in total. The molecule has 0 spiro atoms. The SMILES string of the molecule is CC(=O)Cc1cccc2ccnc(C)c12. The summed E-state index contributed by atoms with van der Waals surface area (Å²) < 4.78 is 0. The van der Waals surface area contributed by atoms with Crippen molar-refractivity contribution >= 4 is 16.6 Å². The molecule has 76 valence electrons. The van der Waals surface area contributed by atoms with Crippen molar-refractivity contribution in [2.24, 2.45) is 0 Å². The summed E-state index contributed by atoms with van der Waals surface area (Å²) in [5.41, 5.74) is 2.06. The number of rotatable bonds is 2. The van der Waals surface area contributed by atoms with Gasteiger partial charge in [-0.15, -0.1) is 0 Å². The number of hydrogen-bond donors (Lipinski definition) is 0. The van der Waals surface area contributed by atoms with Gasteiger partial charge in [0, 0.05) is 23.7 Å². The lowest BCUT2D eigenvalue weighted by Crippen LogP contribution is -1.98. The van der Waals surface area contributed by atoms with Crippen LogP contribution in [0.2, 0.25) is 0 Å². The Morgan fingerprint density at radius 2 is 2.13 bits per heavy atom. The van der Waals surface area contributed by atoms with Crippen molar-refractivity contribution in [2.75, 3.05) is 0 Å². The zero-order valence-corrected chi connectivity index (χ0v) is 8.95. The highest BCUT2D eigenvalue weighted by Crippen LogP contribution is 2.21. The van der Waals surface area contributed by atoms with Crippen LogP contribution < -0.4 is 0 Å². The second kappa shape index (κ2) is 3.81. The predicted octanol–water partition coefficient (Wildman–Crippen LogP) is 2.67. The lowest BCUT2D eigenvalue weighted by atomic mass is 10.0. The van der Waals surface area contributed by atoms with Crippen molar-refractivity contribution < 1.29 is 4.79 Å². The molecule has 0 atom stereocenters. The van der Waals surface area contributed by atoms with E-state index in [2.05, 4.69) is 4.98 Å². The minimum atomic E-state index is 0.186. The highest BCUT2D eigenvalue weighted by atomic mass is 16.1. The zero-order chi connectivity index (χ0) is 10.8. The van der Waals surface area contributed by atoms with E-state index in [4.69, 9.17) is 0 Å². The van der Waals surface area contributed by atoms with E-state index < -0.39 is 0 Å². The fourth-order valence-electron chi connectivity index (χ4n) is 1.91. The van der Waals surface area contributed by atoms with E-state index in [9.17, 15) is 4.79 Å². The molecular weight excluding hydrogens is 186 g/mol. The highest BCUT2D eigenvalue weighted by molar-refractivity contribution is 5.91. The number of hydrogen-bond acceptors (Lipinski definition) is 2. The maximum Gasteiger partial charge on any atom is 0.134 e. The van der Waals surface area contributed by atoms with E-state index in [1.165, 1.54) is 0 Å². The lowest BCUT2D eigenvalue weighted by Gasteiger charge is -2.06. The summed E-state index contributed by atoms with van der Waals surface area (Å²) >= 11 is 0. The molecule has 1 heterocycles. The summed E-state index contributed by atoms with van der Waals surface area (Å²) in [6.45, 7) is 3.59. The molecule has 0 unspecified atom stereocenters. The van der Waals surface area contributed by atoms with Gasteiger partial charge in [-0.05, 0) is 30.9 Å². The minimum absolute atomic E-state index is 0.186. The number of pyridine rings is 1. The van der Waals surface area contributed by atoms with Gasteiger partial charge in [-0.3, -0.25) is 9.78 Å². The number of benzene rings is 1. The van der Waals surface area contributed by atoms with Gasteiger partial charge >= 0.3 is 0 Å². The molecule has 0 saturated heterocycles. The molecule has 15 heavy (non-hydrogen) atoms. The van der Waals surface area contributed by atoms with E-state index in [-0.39, 0.29) is 5.78 Å². The Bertz CT molecular complexity index is 512. The number of nitrogens with zero attached hydrogens (tertiary/aromatic N) is 1. The number of carbonyl (C=O) groups excluding carboxylic acids is 1.